The highest BCUT2D eigenvalue weighted by Crippen LogP contribution is 2.33. The van der Waals surface area contributed by atoms with Crippen molar-refractivity contribution in [3.8, 4) is 11.1 Å². The first kappa shape index (κ1) is 18.9. The van der Waals surface area contributed by atoms with Crippen molar-refractivity contribution in [3.63, 3.8) is 0 Å². The van der Waals surface area contributed by atoms with Gasteiger partial charge in [-0.05, 0) is 67.9 Å². The summed E-state index contributed by atoms with van der Waals surface area (Å²) in [6.45, 7) is 2.27. The summed E-state index contributed by atoms with van der Waals surface area (Å²) in [5.74, 6) is 0. The van der Waals surface area contributed by atoms with E-state index >= 15 is 0 Å². The summed E-state index contributed by atoms with van der Waals surface area (Å²) in [7, 11) is 0. The molecule has 0 fully saturated rings. The Kier molecular flexibility index (Phi) is 5.24. The van der Waals surface area contributed by atoms with Gasteiger partial charge in [-0.25, -0.2) is 0 Å². The van der Waals surface area contributed by atoms with Gasteiger partial charge in [0.1, 0.15) is 0 Å². The van der Waals surface area contributed by atoms with Crippen molar-refractivity contribution in [2.75, 3.05) is 0 Å². The summed E-state index contributed by atoms with van der Waals surface area (Å²) in [6, 6.07) is 33.8. The molecule has 0 nitrogen and oxygen atoms in total. The maximum absolute atomic E-state index is 2.33. The fourth-order valence-corrected chi connectivity index (χ4v) is 4.63. The van der Waals surface area contributed by atoms with Crippen molar-refractivity contribution < 1.29 is 0 Å². The molecule has 0 heterocycles. The van der Waals surface area contributed by atoms with Crippen molar-refractivity contribution in [1.29, 1.82) is 0 Å². The van der Waals surface area contributed by atoms with Gasteiger partial charge in [-0.15, -0.1) is 0 Å². The summed E-state index contributed by atoms with van der Waals surface area (Å²) in [4.78, 5) is 0. The Balaban J connectivity index is 1.47. The molecule has 0 bridgehead atoms. The number of rotatable bonds is 6. The molecule has 0 aliphatic heterocycles. The monoisotopic (exact) mass is 388 g/mol. The topological polar surface area (TPSA) is 0 Å². The molecule has 0 radical (unpaired) electrons. The van der Waals surface area contributed by atoms with Gasteiger partial charge in [0.2, 0.25) is 0 Å². The van der Waals surface area contributed by atoms with E-state index in [0.29, 0.717) is 0 Å². The number of aryl methyl sites for hydroxylation is 1. The van der Waals surface area contributed by atoms with E-state index in [-0.39, 0.29) is 0 Å². The van der Waals surface area contributed by atoms with E-state index in [1.165, 1.54) is 81.1 Å². The second-order valence-electron chi connectivity index (χ2n) is 8.39. The first-order chi connectivity index (χ1) is 14.8. The summed E-state index contributed by atoms with van der Waals surface area (Å²) >= 11 is 0. The van der Waals surface area contributed by atoms with E-state index in [2.05, 4.69) is 97.9 Å². The quantitative estimate of drug-likeness (QED) is 0.201. The standard InChI is InChI=1S/C30H28/c1-2-3-4-5-8-22-11-13-23(14-12-22)25-16-18-28-26(21-25)17-20-29-27-10-7-6-9-24(27)15-19-30(28)29/h6-7,9-21H,2-5,8H2,1H3. The molecule has 0 aliphatic carbocycles. The normalized spacial score (nSPS) is 11.5. The van der Waals surface area contributed by atoms with E-state index in [0.717, 1.165) is 0 Å². The van der Waals surface area contributed by atoms with Crippen LogP contribution < -0.4 is 0 Å². The zero-order valence-corrected chi connectivity index (χ0v) is 17.7. The molecule has 148 valence electrons. The summed E-state index contributed by atoms with van der Waals surface area (Å²) in [5.41, 5.74) is 4.04. The molecule has 0 aromatic heterocycles. The molecule has 0 amide bonds. The van der Waals surface area contributed by atoms with Crippen molar-refractivity contribution in [1.82, 2.24) is 0 Å². The number of hydrogen-bond donors (Lipinski definition) is 0. The van der Waals surface area contributed by atoms with Crippen LogP contribution in [0.1, 0.15) is 38.2 Å². The van der Waals surface area contributed by atoms with Gasteiger partial charge in [0.15, 0.2) is 0 Å². The lowest BCUT2D eigenvalue weighted by molar-refractivity contribution is 0.667. The maximum atomic E-state index is 2.33. The molecule has 0 N–H and O–H groups in total. The Morgan fingerprint density at radius 2 is 1.17 bits per heavy atom. The zero-order valence-electron chi connectivity index (χ0n) is 17.7. The van der Waals surface area contributed by atoms with Crippen molar-refractivity contribution >= 4 is 32.3 Å². The fraction of sp³-hybridized carbons (Fsp3) is 0.200. The van der Waals surface area contributed by atoms with Gasteiger partial charge in [0.05, 0.1) is 0 Å². The highest BCUT2D eigenvalue weighted by Gasteiger charge is 2.06. The molecule has 0 saturated heterocycles. The van der Waals surface area contributed by atoms with Crippen LogP contribution in [0, 0.1) is 0 Å². The van der Waals surface area contributed by atoms with Gasteiger partial charge >= 0.3 is 0 Å². The predicted octanol–water partition coefficient (Wildman–Crippen LogP) is 8.94. The highest BCUT2D eigenvalue weighted by atomic mass is 14.1. The molecule has 0 aliphatic rings. The van der Waals surface area contributed by atoms with Crippen molar-refractivity contribution in [2.24, 2.45) is 0 Å². The molecule has 30 heavy (non-hydrogen) atoms. The molecular weight excluding hydrogens is 360 g/mol. The third-order valence-electron chi connectivity index (χ3n) is 6.35. The average molecular weight is 389 g/mol. The van der Waals surface area contributed by atoms with Gasteiger partial charge < -0.3 is 0 Å². The average Bonchev–Trinajstić information content (AvgIpc) is 2.81. The smallest absolute Gasteiger partial charge is 0.00990 e. The van der Waals surface area contributed by atoms with Gasteiger partial charge in [-0.1, -0.05) is 111 Å². The number of benzene rings is 5. The van der Waals surface area contributed by atoms with Crippen LogP contribution in [0.2, 0.25) is 0 Å². The van der Waals surface area contributed by atoms with Crippen LogP contribution in [-0.2, 0) is 6.42 Å². The van der Waals surface area contributed by atoms with Crippen LogP contribution >= 0.6 is 0 Å². The SMILES string of the molecule is CCCCCCc1ccc(-c2ccc3c(ccc4c5ccccc5ccc34)c2)cc1. The molecule has 0 heteroatoms. The molecule has 5 aromatic carbocycles. The Morgan fingerprint density at radius 1 is 0.500 bits per heavy atom. The minimum atomic E-state index is 1.19. The van der Waals surface area contributed by atoms with Crippen LogP contribution in [0.15, 0.2) is 91.0 Å². The first-order valence-corrected chi connectivity index (χ1v) is 11.3. The molecule has 0 unspecified atom stereocenters. The largest absolute Gasteiger partial charge is 0.0654 e. The minimum absolute atomic E-state index is 1.19. The van der Waals surface area contributed by atoms with Crippen LogP contribution in [-0.4, -0.2) is 0 Å². The maximum Gasteiger partial charge on any atom is -0.00990 e. The van der Waals surface area contributed by atoms with Crippen molar-refractivity contribution in [3.05, 3.63) is 96.6 Å². The van der Waals surface area contributed by atoms with Crippen LogP contribution in [0.3, 0.4) is 0 Å². The Bertz CT molecular complexity index is 1310. The molecule has 0 atom stereocenters. The summed E-state index contributed by atoms with van der Waals surface area (Å²) < 4.78 is 0. The van der Waals surface area contributed by atoms with E-state index in [4.69, 9.17) is 0 Å². The zero-order chi connectivity index (χ0) is 20.3. The number of unbranched alkanes of at least 4 members (excludes halogenated alkanes) is 3. The predicted molar refractivity (Wildman–Crippen MR) is 132 cm³/mol. The second-order valence-corrected chi connectivity index (χ2v) is 8.39. The first-order valence-electron chi connectivity index (χ1n) is 11.3. The minimum Gasteiger partial charge on any atom is -0.0654 e. The lowest BCUT2D eigenvalue weighted by atomic mass is 9.94. The van der Waals surface area contributed by atoms with Crippen LogP contribution in [0.4, 0.5) is 0 Å². The van der Waals surface area contributed by atoms with E-state index < -0.39 is 0 Å². The summed E-state index contributed by atoms with van der Waals surface area (Å²) in [5, 5.41) is 7.93. The molecule has 0 saturated carbocycles. The van der Waals surface area contributed by atoms with E-state index in [1.807, 2.05) is 0 Å². The highest BCUT2D eigenvalue weighted by molar-refractivity contribution is 6.17. The van der Waals surface area contributed by atoms with Gasteiger partial charge in [0, 0.05) is 0 Å². The number of hydrogen-bond acceptors (Lipinski definition) is 0. The Morgan fingerprint density at radius 3 is 1.97 bits per heavy atom. The van der Waals surface area contributed by atoms with Crippen LogP contribution in [0.25, 0.3) is 43.4 Å². The third kappa shape index (κ3) is 3.59. The fourth-order valence-electron chi connectivity index (χ4n) is 4.63. The molecule has 5 rings (SSSR count). The van der Waals surface area contributed by atoms with Gasteiger partial charge in [-0.2, -0.15) is 0 Å². The second kappa shape index (κ2) is 8.32. The Labute approximate surface area is 179 Å². The Hall–Kier alpha value is -3.12. The summed E-state index contributed by atoms with van der Waals surface area (Å²) in [6.07, 6.45) is 6.47. The van der Waals surface area contributed by atoms with Crippen molar-refractivity contribution in [2.45, 2.75) is 39.0 Å². The number of fused-ring (bicyclic) bond motifs is 5. The molecular formula is C30H28. The third-order valence-corrected chi connectivity index (χ3v) is 6.35. The van der Waals surface area contributed by atoms with E-state index in [1.54, 1.807) is 0 Å². The lowest BCUT2D eigenvalue weighted by Crippen LogP contribution is -1.87. The van der Waals surface area contributed by atoms with Crippen LogP contribution in [0.5, 0.6) is 0 Å². The van der Waals surface area contributed by atoms with Gasteiger partial charge in [0.25, 0.3) is 0 Å². The van der Waals surface area contributed by atoms with E-state index in [9.17, 15) is 0 Å². The molecule has 0 spiro atoms. The molecule has 5 aromatic rings. The van der Waals surface area contributed by atoms with Gasteiger partial charge in [-0.3, -0.25) is 0 Å². The lowest BCUT2D eigenvalue weighted by Gasteiger charge is -2.10.